The Bertz CT molecular complexity index is 1010. The van der Waals surface area contributed by atoms with Crippen molar-refractivity contribution < 1.29 is 4.79 Å². The highest BCUT2D eigenvalue weighted by molar-refractivity contribution is 5.94. The Kier molecular flexibility index (Phi) is 5.11. The first-order valence-corrected chi connectivity index (χ1v) is 8.71. The number of aryl methyl sites for hydroxylation is 3. The lowest BCUT2D eigenvalue weighted by atomic mass is 10.1. The first-order chi connectivity index (χ1) is 12.5. The monoisotopic (exact) mass is 350 g/mol. The number of hydrogen-bond acceptors (Lipinski definition) is 4. The summed E-state index contributed by atoms with van der Waals surface area (Å²) < 4.78 is 1.26. The molecule has 1 amide bonds. The Morgan fingerprint density at radius 3 is 2.69 bits per heavy atom. The van der Waals surface area contributed by atoms with E-state index in [0.29, 0.717) is 17.4 Å². The molecule has 0 saturated heterocycles. The van der Waals surface area contributed by atoms with Crippen molar-refractivity contribution in [1.82, 2.24) is 15.0 Å². The van der Waals surface area contributed by atoms with Gasteiger partial charge in [0.1, 0.15) is 5.52 Å². The molecule has 2 aromatic carbocycles. The van der Waals surface area contributed by atoms with Crippen LogP contribution in [0.3, 0.4) is 0 Å². The number of fused-ring (bicyclic) bond motifs is 1. The molecular weight excluding hydrogens is 328 g/mol. The summed E-state index contributed by atoms with van der Waals surface area (Å²) in [7, 11) is 0. The zero-order chi connectivity index (χ0) is 18.7. The van der Waals surface area contributed by atoms with Gasteiger partial charge in [0.05, 0.1) is 11.9 Å². The second kappa shape index (κ2) is 7.47. The van der Waals surface area contributed by atoms with Gasteiger partial charge in [-0.05, 0) is 50.1 Å². The number of amides is 1. The number of carbonyl (C=O) groups is 1. The van der Waals surface area contributed by atoms with Gasteiger partial charge in [-0.25, -0.2) is 4.68 Å². The van der Waals surface area contributed by atoms with Crippen LogP contribution in [-0.4, -0.2) is 27.4 Å². The standard InChI is InChI=1S/C20H22N4O2/c1-4-23(18-13-14(2)9-10-15(18)3)19(25)11-12-24-20(26)16-7-5-6-8-17(16)21-22-24/h5-10,13H,4,11-12H2,1-3H3. The van der Waals surface area contributed by atoms with Crippen LogP contribution in [0.25, 0.3) is 10.9 Å². The average molecular weight is 350 g/mol. The van der Waals surface area contributed by atoms with Crippen LogP contribution in [0.2, 0.25) is 0 Å². The molecule has 0 radical (unpaired) electrons. The van der Waals surface area contributed by atoms with E-state index < -0.39 is 0 Å². The topological polar surface area (TPSA) is 68.1 Å². The SMILES string of the molecule is CCN(C(=O)CCn1nnc2ccccc2c1=O)c1cc(C)ccc1C. The third-order valence-electron chi connectivity index (χ3n) is 4.44. The summed E-state index contributed by atoms with van der Waals surface area (Å²) in [6.45, 7) is 6.72. The van der Waals surface area contributed by atoms with Crippen LogP contribution in [0.5, 0.6) is 0 Å². The summed E-state index contributed by atoms with van der Waals surface area (Å²) in [6.07, 6.45) is 0.189. The van der Waals surface area contributed by atoms with Gasteiger partial charge in [-0.2, -0.15) is 0 Å². The van der Waals surface area contributed by atoms with E-state index in [4.69, 9.17) is 0 Å². The lowest BCUT2D eigenvalue weighted by molar-refractivity contribution is -0.118. The molecule has 0 N–H and O–H groups in total. The van der Waals surface area contributed by atoms with Crippen molar-refractivity contribution in [2.45, 2.75) is 33.7 Å². The fourth-order valence-electron chi connectivity index (χ4n) is 3.00. The summed E-state index contributed by atoms with van der Waals surface area (Å²) >= 11 is 0. The van der Waals surface area contributed by atoms with Gasteiger partial charge in [-0.1, -0.05) is 29.5 Å². The minimum atomic E-state index is -0.224. The Morgan fingerprint density at radius 2 is 1.92 bits per heavy atom. The second-order valence-electron chi connectivity index (χ2n) is 6.31. The molecule has 1 heterocycles. The van der Waals surface area contributed by atoms with Crippen LogP contribution in [0.1, 0.15) is 24.5 Å². The van der Waals surface area contributed by atoms with Crippen molar-refractivity contribution in [1.29, 1.82) is 0 Å². The van der Waals surface area contributed by atoms with Crippen LogP contribution in [0, 0.1) is 13.8 Å². The van der Waals surface area contributed by atoms with Gasteiger partial charge in [0.15, 0.2) is 0 Å². The van der Waals surface area contributed by atoms with E-state index >= 15 is 0 Å². The maximum atomic E-state index is 12.7. The normalized spacial score (nSPS) is 10.9. The number of carbonyl (C=O) groups excluding carboxylic acids is 1. The van der Waals surface area contributed by atoms with Gasteiger partial charge < -0.3 is 4.90 Å². The molecule has 0 unspecified atom stereocenters. The number of benzene rings is 2. The Hall–Kier alpha value is -3.02. The number of hydrogen-bond donors (Lipinski definition) is 0. The molecule has 26 heavy (non-hydrogen) atoms. The fraction of sp³-hybridized carbons (Fsp3) is 0.300. The van der Waals surface area contributed by atoms with E-state index in [1.807, 2.05) is 45.0 Å². The number of anilines is 1. The van der Waals surface area contributed by atoms with E-state index in [-0.39, 0.29) is 24.4 Å². The quantitative estimate of drug-likeness (QED) is 0.709. The van der Waals surface area contributed by atoms with Crippen molar-refractivity contribution in [3.8, 4) is 0 Å². The van der Waals surface area contributed by atoms with Gasteiger partial charge in [-0.15, -0.1) is 5.10 Å². The number of aromatic nitrogens is 3. The van der Waals surface area contributed by atoms with Crippen LogP contribution in [0.15, 0.2) is 47.3 Å². The van der Waals surface area contributed by atoms with E-state index in [1.54, 1.807) is 23.1 Å². The summed E-state index contributed by atoms with van der Waals surface area (Å²) in [4.78, 5) is 27.0. The summed E-state index contributed by atoms with van der Waals surface area (Å²) in [5.74, 6) is -0.0388. The van der Waals surface area contributed by atoms with Crippen molar-refractivity contribution >= 4 is 22.5 Å². The van der Waals surface area contributed by atoms with E-state index in [2.05, 4.69) is 10.3 Å². The first kappa shape index (κ1) is 17.8. The largest absolute Gasteiger partial charge is 0.312 e. The molecule has 0 fully saturated rings. The molecule has 0 aliphatic carbocycles. The molecule has 6 heteroatoms. The Morgan fingerprint density at radius 1 is 1.15 bits per heavy atom. The van der Waals surface area contributed by atoms with Crippen LogP contribution in [-0.2, 0) is 11.3 Å². The number of nitrogens with zero attached hydrogens (tertiary/aromatic N) is 4. The van der Waals surface area contributed by atoms with Crippen LogP contribution in [0.4, 0.5) is 5.69 Å². The average Bonchev–Trinajstić information content (AvgIpc) is 2.65. The molecule has 134 valence electrons. The summed E-state index contributed by atoms with van der Waals surface area (Å²) in [5.41, 5.74) is 3.40. The summed E-state index contributed by atoms with van der Waals surface area (Å²) in [5, 5.41) is 8.52. The van der Waals surface area contributed by atoms with Gasteiger partial charge >= 0.3 is 0 Å². The van der Waals surface area contributed by atoms with E-state index in [9.17, 15) is 9.59 Å². The van der Waals surface area contributed by atoms with Gasteiger partial charge in [-0.3, -0.25) is 9.59 Å². The van der Waals surface area contributed by atoms with Crippen molar-refractivity contribution in [3.63, 3.8) is 0 Å². The maximum Gasteiger partial charge on any atom is 0.277 e. The third kappa shape index (κ3) is 3.49. The second-order valence-corrected chi connectivity index (χ2v) is 6.31. The smallest absolute Gasteiger partial charge is 0.277 e. The van der Waals surface area contributed by atoms with Gasteiger partial charge in [0, 0.05) is 18.7 Å². The summed E-state index contributed by atoms with van der Waals surface area (Å²) in [6, 6.07) is 13.1. The van der Waals surface area contributed by atoms with Crippen LogP contribution >= 0.6 is 0 Å². The predicted octanol–water partition coefficient (Wildman–Crippen LogP) is 2.85. The van der Waals surface area contributed by atoms with Crippen molar-refractivity contribution in [3.05, 3.63) is 63.9 Å². The van der Waals surface area contributed by atoms with Crippen molar-refractivity contribution in [2.75, 3.05) is 11.4 Å². The zero-order valence-electron chi connectivity index (χ0n) is 15.3. The molecule has 0 bridgehead atoms. The fourth-order valence-corrected chi connectivity index (χ4v) is 3.00. The predicted molar refractivity (Wildman–Crippen MR) is 102 cm³/mol. The van der Waals surface area contributed by atoms with Crippen molar-refractivity contribution in [2.24, 2.45) is 0 Å². The highest BCUT2D eigenvalue weighted by Crippen LogP contribution is 2.22. The molecule has 0 atom stereocenters. The molecule has 0 spiro atoms. The third-order valence-corrected chi connectivity index (χ3v) is 4.44. The lowest BCUT2D eigenvalue weighted by Gasteiger charge is -2.23. The molecule has 6 nitrogen and oxygen atoms in total. The molecule has 3 rings (SSSR count). The van der Waals surface area contributed by atoms with E-state index in [0.717, 1.165) is 16.8 Å². The highest BCUT2D eigenvalue weighted by atomic mass is 16.2. The Balaban J connectivity index is 1.80. The minimum Gasteiger partial charge on any atom is -0.312 e. The molecule has 0 saturated carbocycles. The zero-order valence-corrected chi connectivity index (χ0v) is 15.3. The van der Waals surface area contributed by atoms with Crippen LogP contribution < -0.4 is 10.5 Å². The maximum absolute atomic E-state index is 12.7. The molecule has 1 aromatic heterocycles. The van der Waals surface area contributed by atoms with Gasteiger partial charge in [0.25, 0.3) is 5.56 Å². The molecular formula is C20H22N4O2. The molecule has 0 aliphatic heterocycles. The molecule has 0 aliphatic rings. The number of rotatable bonds is 5. The highest BCUT2D eigenvalue weighted by Gasteiger charge is 2.17. The lowest BCUT2D eigenvalue weighted by Crippen LogP contribution is -2.33. The Labute approximate surface area is 152 Å². The van der Waals surface area contributed by atoms with Gasteiger partial charge in [0.2, 0.25) is 5.91 Å². The minimum absolute atomic E-state index is 0.0388. The first-order valence-electron chi connectivity index (χ1n) is 8.71. The molecule has 3 aromatic rings. The van der Waals surface area contributed by atoms with E-state index in [1.165, 1.54) is 4.68 Å².